The largest absolute Gasteiger partial charge is 0.372 e. The molecule has 3 rings (SSSR count). The number of nitrogens with zero attached hydrogens (tertiary/aromatic N) is 2. The minimum absolute atomic E-state index is 0.572. The van der Waals surface area contributed by atoms with Crippen molar-refractivity contribution in [1.29, 1.82) is 0 Å². The lowest BCUT2D eigenvalue weighted by molar-refractivity contribution is 0.384. The maximum atomic E-state index is 4.23. The lowest BCUT2D eigenvalue weighted by Crippen LogP contribution is -2.29. The summed E-state index contributed by atoms with van der Waals surface area (Å²) in [5.41, 5.74) is 2.96. The topological polar surface area (TPSA) is 37.3 Å². The molecule has 2 aliphatic rings. The fourth-order valence-corrected chi connectivity index (χ4v) is 2.79. The van der Waals surface area contributed by atoms with Crippen molar-refractivity contribution in [3.8, 4) is 0 Å². The second-order valence-corrected chi connectivity index (χ2v) is 4.85. The van der Waals surface area contributed by atoms with Crippen LogP contribution >= 0.6 is 0 Å². The fraction of sp³-hybridized carbons (Fsp3) is 0.538. The third-order valence-electron chi connectivity index (χ3n) is 3.68. The highest BCUT2D eigenvalue weighted by atomic mass is 15.1. The van der Waals surface area contributed by atoms with Crippen molar-refractivity contribution in [2.45, 2.75) is 31.7 Å². The van der Waals surface area contributed by atoms with Crippen LogP contribution in [0.1, 0.15) is 24.0 Å². The zero-order valence-corrected chi connectivity index (χ0v) is 9.39. The Kier molecular flexibility index (Phi) is 2.60. The molecule has 0 fully saturated rings. The van der Waals surface area contributed by atoms with Crippen LogP contribution < -0.4 is 5.32 Å². The van der Waals surface area contributed by atoms with Gasteiger partial charge in [0.05, 0.1) is 12.9 Å². The Morgan fingerprint density at radius 3 is 3.25 bits per heavy atom. The van der Waals surface area contributed by atoms with E-state index in [-0.39, 0.29) is 0 Å². The van der Waals surface area contributed by atoms with Crippen molar-refractivity contribution in [2.24, 2.45) is 10.9 Å². The summed E-state index contributed by atoms with van der Waals surface area (Å²) in [5, 5.41) is 3.32. The highest BCUT2D eigenvalue weighted by Gasteiger charge is 2.22. The molecule has 0 aromatic carbocycles. The van der Waals surface area contributed by atoms with Crippen LogP contribution in [0, 0.1) is 5.92 Å². The first-order chi connectivity index (χ1) is 7.92. The molecule has 1 aliphatic heterocycles. The molecule has 16 heavy (non-hydrogen) atoms. The van der Waals surface area contributed by atoms with Crippen molar-refractivity contribution in [3.05, 3.63) is 29.6 Å². The normalized spacial score (nSPS) is 27.5. The van der Waals surface area contributed by atoms with Crippen molar-refractivity contribution in [3.63, 3.8) is 0 Å². The highest BCUT2D eigenvalue weighted by Crippen LogP contribution is 2.27. The molecule has 3 nitrogen and oxygen atoms in total. The van der Waals surface area contributed by atoms with Crippen LogP contribution in [-0.4, -0.2) is 23.9 Å². The summed E-state index contributed by atoms with van der Waals surface area (Å²) < 4.78 is 0. The van der Waals surface area contributed by atoms with Gasteiger partial charge in [-0.05, 0) is 48.8 Å². The first kappa shape index (κ1) is 9.82. The number of aromatic nitrogens is 1. The monoisotopic (exact) mass is 215 g/mol. The summed E-state index contributed by atoms with van der Waals surface area (Å²) >= 11 is 0. The third-order valence-corrected chi connectivity index (χ3v) is 3.68. The van der Waals surface area contributed by atoms with Gasteiger partial charge in [0.15, 0.2) is 0 Å². The standard InChI is InChI=1S/C13H17N3/c1-2-11-3-4-14-7-12(11)5-10(1)6-13-8-15-9-16-13/h3-4,7,9-10,13H,1-2,5-6,8H2,(H,15,16). The van der Waals surface area contributed by atoms with E-state index in [2.05, 4.69) is 21.4 Å². The number of fused-ring (bicyclic) bond motifs is 1. The highest BCUT2D eigenvalue weighted by molar-refractivity contribution is 5.57. The number of aliphatic imine (C=N–C) groups is 1. The Labute approximate surface area is 96.0 Å². The Hall–Kier alpha value is -1.38. The number of nitrogens with one attached hydrogen (secondary N) is 1. The average Bonchev–Trinajstić information content (AvgIpc) is 2.82. The predicted octanol–water partition coefficient (Wildman–Crippen LogP) is 1.58. The van der Waals surface area contributed by atoms with Crippen LogP contribution in [0.3, 0.4) is 0 Å². The number of hydrogen-bond acceptors (Lipinski definition) is 3. The summed E-state index contributed by atoms with van der Waals surface area (Å²) in [6.45, 7) is 0.955. The molecule has 0 saturated heterocycles. The Morgan fingerprint density at radius 2 is 2.38 bits per heavy atom. The smallest absolute Gasteiger partial charge is 0.0827 e. The van der Waals surface area contributed by atoms with E-state index < -0.39 is 0 Å². The number of hydrogen-bond donors (Lipinski definition) is 1. The van der Waals surface area contributed by atoms with E-state index in [1.165, 1.54) is 36.8 Å². The first-order valence-corrected chi connectivity index (χ1v) is 6.08. The molecular formula is C13H17N3. The summed E-state index contributed by atoms with van der Waals surface area (Å²) in [5.74, 6) is 0.802. The lowest BCUT2D eigenvalue weighted by Gasteiger charge is -2.26. The van der Waals surface area contributed by atoms with Gasteiger partial charge in [-0.25, -0.2) is 0 Å². The van der Waals surface area contributed by atoms with Gasteiger partial charge >= 0.3 is 0 Å². The van der Waals surface area contributed by atoms with Crippen LogP contribution in [0.4, 0.5) is 0 Å². The third kappa shape index (κ3) is 1.94. The van der Waals surface area contributed by atoms with Crippen LogP contribution in [0.15, 0.2) is 23.5 Å². The molecule has 1 aliphatic carbocycles. The van der Waals surface area contributed by atoms with E-state index in [0.717, 1.165) is 12.5 Å². The van der Waals surface area contributed by atoms with E-state index in [0.29, 0.717) is 6.04 Å². The fourth-order valence-electron chi connectivity index (χ4n) is 2.79. The Balaban J connectivity index is 1.64. The molecule has 0 radical (unpaired) electrons. The number of rotatable bonds is 2. The minimum atomic E-state index is 0.572. The van der Waals surface area contributed by atoms with Gasteiger partial charge in [0.1, 0.15) is 0 Å². The SMILES string of the molecule is C1=NCC(CC2CCc3ccncc3C2)N1. The maximum Gasteiger partial charge on any atom is 0.0827 e. The van der Waals surface area contributed by atoms with Gasteiger partial charge in [-0.15, -0.1) is 0 Å². The quantitative estimate of drug-likeness (QED) is 0.813. The molecule has 1 N–H and O–H groups in total. The molecule has 0 amide bonds. The molecule has 2 atom stereocenters. The van der Waals surface area contributed by atoms with E-state index in [1.807, 2.05) is 18.7 Å². The van der Waals surface area contributed by atoms with Gasteiger partial charge in [-0.1, -0.05) is 0 Å². The van der Waals surface area contributed by atoms with E-state index in [9.17, 15) is 0 Å². The number of pyridine rings is 1. The van der Waals surface area contributed by atoms with Crippen molar-refractivity contribution in [2.75, 3.05) is 6.54 Å². The van der Waals surface area contributed by atoms with Gasteiger partial charge in [-0.3, -0.25) is 9.98 Å². The van der Waals surface area contributed by atoms with Crippen molar-refractivity contribution >= 4 is 6.34 Å². The second-order valence-electron chi connectivity index (χ2n) is 4.85. The zero-order valence-electron chi connectivity index (χ0n) is 9.39. The lowest BCUT2D eigenvalue weighted by atomic mass is 9.81. The Morgan fingerprint density at radius 1 is 1.38 bits per heavy atom. The van der Waals surface area contributed by atoms with E-state index in [4.69, 9.17) is 0 Å². The summed E-state index contributed by atoms with van der Waals surface area (Å²) in [4.78, 5) is 8.45. The van der Waals surface area contributed by atoms with Gasteiger partial charge in [0, 0.05) is 18.4 Å². The molecule has 2 heterocycles. The van der Waals surface area contributed by atoms with Gasteiger partial charge < -0.3 is 5.32 Å². The van der Waals surface area contributed by atoms with Crippen LogP contribution in [0.2, 0.25) is 0 Å². The maximum absolute atomic E-state index is 4.23. The van der Waals surface area contributed by atoms with Gasteiger partial charge in [0.2, 0.25) is 0 Å². The molecular weight excluding hydrogens is 198 g/mol. The van der Waals surface area contributed by atoms with E-state index >= 15 is 0 Å². The molecule has 0 bridgehead atoms. The van der Waals surface area contributed by atoms with Crippen molar-refractivity contribution in [1.82, 2.24) is 10.3 Å². The molecule has 3 heteroatoms. The number of aryl methyl sites for hydroxylation is 1. The van der Waals surface area contributed by atoms with Crippen LogP contribution in [0.25, 0.3) is 0 Å². The van der Waals surface area contributed by atoms with Gasteiger partial charge in [-0.2, -0.15) is 0 Å². The molecule has 0 spiro atoms. The second kappa shape index (κ2) is 4.24. The van der Waals surface area contributed by atoms with Crippen molar-refractivity contribution < 1.29 is 0 Å². The molecule has 1 aromatic heterocycles. The predicted molar refractivity (Wildman–Crippen MR) is 64.7 cm³/mol. The Bertz CT molecular complexity index is 392. The molecule has 0 saturated carbocycles. The zero-order chi connectivity index (χ0) is 10.8. The minimum Gasteiger partial charge on any atom is -0.372 e. The van der Waals surface area contributed by atoms with E-state index in [1.54, 1.807) is 0 Å². The summed E-state index contributed by atoms with van der Waals surface area (Å²) in [7, 11) is 0. The molecule has 84 valence electrons. The summed E-state index contributed by atoms with van der Waals surface area (Å²) in [6, 6.07) is 2.74. The van der Waals surface area contributed by atoms with Gasteiger partial charge in [0.25, 0.3) is 0 Å². The molecule has 2 unspecified atom stereocenters. The summed E-state index contributed by atoms with van der Waals surface area (Å²) in [6.07, 6.45) is 10.8. The van der Waals surface area contributed by atoms with Crippen LogP contribution in [-0.2, 0) is 12.8 Å². The average molecular weight is 215 g/mol. The molecule has 1 aromatic rings. The van der Waals surface area contributed by atoms with Crippen LogP contribution in [0.5, 0.6) is 0 Å². The first-order valence-electron chi connectivity index (χ1n) is 6.08.